The summed E-state index contributed by atoms with van der Waals surface area (Å²) in [6.07, 6.45) is 5.22. The SMILES string of the molecule is CCCNC(=O)c1c[nH]c(C(=O)Nc2cc(C(=O)CC3CC3)ccc2C)c1C. The summed E-state index contributed by atoms with van der Waals surface area (Å²) in [4.78, 5) is 40.2. The van der Waals surface area contributed by atoms with E-state index in [0.29, 0.717) is 47.0 Å². The van der Waals surface area contributed by atoms with E-state index in [1.165, 1.54) is 0 Å². The molecule has 0 unspecified atom stereocenters. The molecule has 3 N–H and O–H groups in total. The average Bonchev–Trinajstić information content (AvgIpc) is 3.40. The fraction of sp³-hybridized carbons (Fsp3) is 0.409. The Bertz CT molecular complexity index is 910. The predicted molar refractivity (Wildman–Crippen MR) is 109 cm³/mol. The van der Waals surface area contributed by atoms with Crippen LogP contribution in [0.15, 0.2) is 24.4 Å². The molecule has 0 radical (unpaired) electrons. The van der Waals surface area contributed by atoms with Crippen molar-refractivity contribution in [1.82, 2.24) is 10.3 Å². The number of hydrogen-bond acceptors (Lipinski definition) is 3. The van der Waals surface area contributed by atoms with Gasteiger partial charge in [-0.25, -0.2) is 0 Å². The molecule has 1 heterocycles. The molecule has 1 saturated carbocycles. The maximum Gasteiger partial charge on any atom is 0.272 e. The zero-order valence-electron chi connectivity index (χ0n) is 16.6. The number of nitrogens with one attached hydrogen (secondary N) is 3. The van der Waals surface area contributed by atoms with Crippen molar-refractivity contribution < 1.29 is 14.4 Å². The molecule has 3 rings (SSSR count). The van der Waals surface area contributed by atoms with Crippen LogP contribution in [0.2, 0.25) is 0 Å². The highest BCUT2D eigenvalue weighted by atomic mass is 16.2. The van der Waals surface area contributed by atoms with Gasteiger partial charge in [0, 0.05) is 30.4 Å². The van der Waals surface area contributed by atoms with Crippen LogP contribution in [0.3, 0.4) is 0 Å². The number of carbonyl (C=O) groups excluding carboxylic acids is 3. The molecular weight excluding hydrogens is 354 g/mol. The quantitative estimate of drug-likeness (QED) is 0.604. The summed E-state index contributed by atoms with van der Waals surface area (Å²) >= 11 is 0. The van der Waals surface area contributed by atoms with E-state index in [2.05, 4.69) is 15.6 Å². The number of anilines is 1. The number of aromatic nitrogens is 1. The number of Topliss-reactive ketones (excluding diaryl/α,β-unsaturated/α-hetero) is 1. The number of benzene rings is 1. The van der Waals surface area contributed by atoms with Crippen LogP contribution in [0.4, 0.5) is 5.69 Å². The molecule has 1 aromatic heterocycles. The van der Waals surface area contributed by atoms with E-state index in [1.807, 2.05) is 26.0 Å². The van der Waals surface area contributed by atoms with E-state index in [4.69, 9.17) is 0 Å². The minimum atomic E-state index is -0.332. The third-order valence-corrected chi connectivity index (χ3v) is 5.13. The first-order valence-electron chi connectivity index (χ1n) is 9.82. The lowest BCUT2D eigenvalue weighted by molar-refractivity contribution is 0.0950. The maximum atomic E-state index is 12.7. The Morgan fingerprint density at radius 2 is 1.89 bits per heavy atom. The lowest BCUT2D eigenvalue weighted by Crippen LogP contribution is -2.24. The lowest BCUT2D eigenvalue weighted by Gasteiger charge is -2.10. The zero-order chi connectivity index (χ0) is 20.3. The minimum absolute atomic E-state index is 0.115. The van der Waals surface area contributed by atoms with E-state index in [1.54, 1.807) is 19.2 Å². The van der Waals surface area contributed by atoms with Crippen molar-refractivity contribution in [2.75, 3.05) is 11.9 Å². The van der Waals surface area contributed by atoms with Crippen molar-refractivity contribution in [3.05, 3.63) is 52.3 Å². The molecule has 28 heavy (non-hydrogen) atoms. The number of aryl methyl sites for hydroxylation is 1. The van der Waals surface area contributed by atoms with Crippen LogP contribution in [0.5, 0.6) is 0 Å². The summed E-state index contributed by atoms with van der Waals surface area (Å²) in [6, 6.07) is 5.40. The number of aromatic amines is 1. The molecule has 1 aromatic carbocycles. The summed E-state index contributed by atoms with van der Waals surface area (Å²) in [5, 5.41) is 5.69. The van der Waals surface area contributed by atoms with Gasteiger partial charge in [0.05, 0.1) is 5.56 Å². The van der Waals surface area contributed by atoms with E-state index in [9.17, 15) is 14.4 Å². The number of ketones is 1. The summed E-state index contributed by atoms with van der Waals surface area (Å²) in [5.41, 5.74) is 3.51. The summed E-state index contributed by atoms with van der Waals surface area (Å²) < 4.78 is 0. The highest BCUT2D eigenvalue weighted by Crippen LogP contribution is 2.34. The summed E-state index contributed by atoms with van der Waals surface area (Å²) in [5.74, 6) is 0.107. The van der Waals surface area contributed by atoms with Gasteiger partial charge >= 0.3 is 0 Å². The van der Waals surface area contributed by atoms with E-state index in [-0.39, 0.29) is 17.6 Å². The first-order valence-corrected chi connectivity index (χ1v) is 9.82. The third-order valence-electron chi connectivity index (χ3n) is 5.13. The van der Waals surface area contributed by atoms with Gasteiger partial charge in [0.25, 0.3) is 11.8 Å². The molecule has 148 valence electrons. The number of H-pyrrole nitrogens is 1. The first kappa shape index (κ1) is 19.9. The second-order valence-corrected chi connectivity index (χ2v) is 7.51. The highest BCUT2D eigenvalue weighted by Gasteiger charge is 2.25. The number of amides is 2. The molecule has 2 amide bonds. The molecule has 0 aliphatic heterocycles. The van der Waals surface area contributed by atoms with E-state index >= 15 is 0 Å². The molecule has 6 nitrogen and oxygen atoms in total. The van der Waals surface area contributed by atoms with E-state index in [0.717, 1.165) is 24.8 Å². The standard InChI is InChI=1S/C22H27N3O3/c1-4-9-23-21(27)17-12-24-20(14(17)3)22(28)25-18-11-16(8-5-13(18)2)19(26)10-15-6-7-15/h5,8,11-12,15,24H,4,6-7,9-10H2,1-3H3,(H,23,27)(H,25,28). The smallest absolute Gasteiger partial charge is 0.272 e. The monoisotopic (exact) mass is 381 g/mol. The normalized spacial score (nSPS) is 13.2. The van der Waals surface area contributed by atoms with Gasteiger partial charge in [0.2, 0.25) is 0 Å². The topological polar surface area (TPSA) is 91.1 Å². The van der Waals surface area contributed by atoms with Gasteiger partial charge in [-0.15, -0.1) is 0 Å². The minimum Gasteiger partial charge on any atom is -0.356 e. The van der Waals surface area contributed by atoms with Crippen LogP contribution in [-0.2, 0) is 0 Å². The Kier molecular flexibility index (Phi) is 5.97. The first-order chi connectivity index (χ1) is 13.4. The van der Waals surface area contributed by atoms with Crippen LogP contribution >= 0.6 is 0 Å². The molecule has 0 spiro atoms. The van der Waals surface area contributed by atoms with E-state index < -0.39 is 0 Å². The number of rotatable bonds is 8. The largest absolute Gasteiger partial charge is 0.356 e. The van der Waals surface area contributed by atoms with Crippen molar-refractivity contribution in [2.24, 2.45) is 5.92 Å². The van der Waals surface area contributed by atoms with Gasteiger partial charge in [-0.1, -0.05) is 19.1 Å². The molecule has 0 saturated heterocycles. The summed E-state index contributed by atoms with van der Waals surface area (Å²) in [7, 11) is 0. The van der Waals surface area contributed by atoms with Crippen molar-refractivity contribution >= 4 is 23.3 Å². The Labute approximate surface area is 165 Å². The van der Waals surface area contributed by atoms with Gasteiger partial charge in [-0.05, 0) is 56.2 Å². The van der Waals surface area contributed by atoms with Crippen LogP contribution in [0.25, 0.3) is 0 Å². The molecular formula is C22H27N3O3. The second-order valence-electron chi connectivity index (χ2n) is 7.51. The summed E-state index contributed by atoms with van der Waals surface area (Å²) in [6.45, 7) is 6.20. The number of carbonyl (C=O) groups is 3. The van der Waals surface area contributed by atoms with Gasteiger partial charge in [-0.2, -0.15) is 0 Å². The van der Waals surface area contributed by atoms with Crippen molar-refractivity contribution in [3.8, 4) is 0 Å². The fourth-order valence-corrected chi connectivity index (χ4v) is 3.12. The van der Waals surface area contributed by atoms with Crippen LogP contribution in [0, 0.1) is 19.8 Å². The Hall–Kier alpha value is -2.89. The molecule has 0 bridgehead atoms. The van der Waals surface area contributed by atoms with Crippen molar-refractivity contribution in [3.63, 3.8) is 0 Å². The molecule has 6 heteroatoms. The van der Waals surface area contributed by atoms with Crippen LogP contribution < -0.4 is 10.6 Å². The van der Waals surface area contributed by atoms with Gasteiger partial charge < -0.3 is 15.6 Å². The van der Waals surface area contributed by atoms with Gasteiger partial charge in [-0.3, -0.25) is 14.4 Å². The van der Waals surface area contributed by atoms with Crippen molar-refractivity contribution in [2.45, 2.75) is 46.5 Å². The second kappa shape index (κ2) is 8.42. The van der Waals surface area contributed by atoms with Crippen LogP contribution in [0.1, 0.15) is 74.9 Å². The Morgan fingerprint density at radius 3 is 2.57 bits per heavy atom. The van der Waals surface area contributed by atoms with Crippen LogP contribution in [-0.4, -0.2) is 29.1 Å². The maximum absolute atomic E-state index is 12.7. The molecule has 2 aromatic rings. The van der Waals surface area contributed by atoms with Gasteiger partial charge in [0.15, 0.2) is 5.78 Å². The molecule has 1 fully saturated rings. The van der Waals surface area contributed by atoms with Gasteiger partial charge in [0.1, 0.15) is 5.69 Å². The zero-order valence-corrected chi connectivity index (χ0v) is 16.6. The Morgan fingerprint density at radius 1 is 1.14 bits per heavy atom. The average molecular weight is 381 g/mol. The van der Waals surface area contributed by atoms with Crippen molar-refractivity contribution in [1.29, 1.82) is 0 Å². The highest BCUT2D eigenvalue weighted by molar-refractivity contribution is 6.08. The molecule has 0 atom stereocenters. The predicted octanol–water partition coefficient (Wildman–Crippen LogP) is 4.01. The fourth-order valence-electron chi connectivity index (χ4n) is 3.12. The third kappa shape index (κ3) is 4.50. The molecule has 1 aliphatic rings. The molecule has 1 aliphatic carbocycles. The lowest BCUT2D eigenvalue weighted by atomic mass is 10.0. The number of hydrogen-bond donors (Lipinski definition) is 3. The Balaban J connectivity index is 1.75.